The monoisotopic (exact) mass is 274 g/mol. The Bertz CT molecular complexity index is 304. The van der Waals surface area contributed by atoms with Crippen molar-refractivity contribution in [3.63, 3.8) is 0 Å². The van der Waals surface area contributed by atoms with Crippen LogP contribution in [0.15, 0.2) is 0 Å². The van der Waals surface area contributed by atoms with Gasteiger partial charge in [-0.15, -0.1) is 0 Å². The molecule has 2 heterocycles. The normalized spacial score (nSPS) is 45.8. The summed E-state index contributed by atoms with van der Waals surface area (Å²) in [4.78, 5) is 0. The summed E-state index contributed by atoms with van der Waals surface area (Å²) < 4.78 is 17.6. The van der Waals surface area contributed by atoms with Gasteiger partial charge in [-0.3, -0.25) is 0 Å². The molecular formula is C14H26O5. The van der Waals surface area contributed by atoms with Crippen LogP contribution in [-0.4, -0.2) is 47.2 Å². The molecule has 2 rings (SSSR count). The van der Waals surface area contributed by atoms with Gasteiger partial charge >= 0.3 is 0 Å². The third kappa shape index (κ3) is 2.54. The van der Waals surface area contributed by atoms with E-state index in [0.29, 0.717) is 0 Å². The number of hydrogen-bond acceptors (Lipinski definition) is 5. The highest BCUT2D eigenvalue weighted by molar-refractivity contribution is 4.94. The zero-order valence-electron chi connectivity index (χ0n) is 12.2. The lowest BCUT2D eigenvalue weighted by Crippen LogP contribution is -2.38. The number of aliphatic hydroxyl groups excluding tert-OH is 2. The highest BCUT2D eigenvalue weighted by Gasteiger charge is 2.54. The molecule has 2 aliphatic rings. The van der Waals surface area contributed by atoms with Gasteiger partial charge in [0, 0.05) is 0 Å². The van der Waals surface area contributed by atoms with Crippen molar-refractivity contribution in [2.45, 2.75) is 70.9 Å². The first-order chi connectivity index (χ1) is 8.98. The van der Waals surface area contributed by atoms with Crippen LogP contribution in [0.25, 0.3) is 0 Å². The van der Waals surface area contributed by atoms with Gasteiger partial charge in [0.15, 0.2) is 12.1 Å². The predicted molar refractivity (Wildman–Crippen MR) is 69.4 cm³/mol. The van der Waals surface area contributed by atoms with E-state index in [1.807, 2.05) is 20.8 Å². The lowest BCUT2D eigenvalue weighted by Gasteiger charge is -2.30. The second-order valence-electron chi connectivity index (χ2n) is 5.75. The Morgan fingerprint density at radius 2 is 1.58 bits per heavy atom. The quantitative estimate of drug-likeness (QED) is 0.811. The molecule has 19 heavy (non-hydrogen) atoms. The molecule has 2 fully saturated rings. The minimum absolute atomic E-state index is 0.0998. The molecule has 0 aromatic heterocycles. The summed E-state index contributed by atoms with van der Waals surface area (Å²) in [6, 6.07) is 0. The second kappa shape index (κ2) is 5.66. The van der Waals surface area contributed by atoms with Crippen molar-refractivity contribution in [1.29, 1.82) is 0 Å². The summed E-state index contributed by atoms with van der Waals surface area (Å²) >= 11 is 0. The molecule has 1 unspecified atom stereocenters. The number of rotatable bonds is 3. The average Bonchev–Trinajstić information content (AvgIpc) is 2.80. The third-order valence-corrected chi connectivity index (χ3v) is 4.81. The minimum atomic E-state index is -1.05. The summed E-state index contributed by atoms with van der Waals surface area (Å²) in [6.45, 7) is 8.02. The van der Waals surface area contributed by atoms with E-state index in [0.717, 1.165) is 12.8 Å². The van der Waals surface area contributed by atoms with E-state index in [9.17, 15) is 10.2 Å². The van der Waals surface area contributed by atoms with Crippen LogP contribution in [0.5, 0.6) is 0 Å². The van der Waals surface area contributed by atoms with Gasteiger partial charge in [-0.2, -0.15) is 0 Å². The molecule has 2 aliphatic heterocycles. The fourth-order valence-electron chi connectivity index (χ4n) is 3.10. The van der Waals surface area contributed by atoms with Crippen LogP contribution in [-0.2, 0) is 14.2 Å². The standard InChI is InChI=1S/C14H26O5/c1-5-14(6-2)18-11-9(4)8(3)10(7-15)17-13(16)12(11)19-14/h8-13,15-16H,5-7H2,1-4H3/t8-,9-,10+,11+,12+,13?/m0/s1. The van der Waals surface area contributed by atoms with Crippen LogP contribution in [0, 0.1) is 11.8 Å². The van der Waals surface area contributed by atoms with Gasteiger partial charge in [0.2, 0.25) is 0 Å². The summed E-state index contributed by atoms with van der Waals surface area (Å²) in [5.74, 6) is -0.360. The zero-order valence-corrected chi connectivity index (χ0v) is 12.2. The number of ether oxygens (including phenoxy) is 3. The topological polar surface area (TPSA) is 68.2 Å². The van der Waals surface area contributed by atoms with E-state index in [1.54, 1.807) is 0 Å². The van der Waals surface area contributed by atoms with E-state index in [4.69, 9.17) is 14.2 Å². The Kier molecular flexibility index (Phi) is 4.52. The number of hydrogen-bond donors (Lipinski definition) is 2. The first-order valence-corrected chi connectivity index (χ1v) is 7.28. The maximum Gasteiger partial charge on any atom is 0.184 e. The number of aliphatic hydroxyl groups is 2. The molecule has 2 N–H and O–H groups in total. The van der Waals surface area contributed by atoms with Crippen molar-refractivity contribution in [3.8, 4) is 0 Å². The Morgan fingerprint density at radius 1 is 1.00 bits per heavy atom. The van der Waals surface area contributed by atoms with Crippen molar-refractivity contribution in [2.75, 3.05) is 6.61 Å². The first-order valence-electron chi connectivity index (χ1n) is 7.28. The van der Waals surface area contributed by atoms with Gasteiger partial charge in [-0.25, -0.2) is 0 Å². The van der Waals surface area contributed by atoms with Gasteiger partial charge in [-0.1, -0.05) is 27.7 Å². The van der Waals surface area contributed by atoms with Crippen LogP contribution in [0.4, 0.5) is 0 Å². The van der Waals surface area contributed by atoms with E-state index in [1.165, 1.54) is 0 Å². The maximum atomic E-state index is 10.2. The zero-order chi connectivity index (χ0) is 14.2. The van der Waals surface area contributed by atoms with E-state index in [-0.39, 0.29) is 30.7 Å². The Labute approximate surface area is 114 Å². The molecule has 0 bridgehead atoms. The van der Waals surface area contributed by atoms with Gasteiger partial charge in [0.25, 0.3) is 0 Å². The van der Waals surface area contributed by atoms with Gasteiger partial charge in [0.05, 0.1) is 18.8 Å². The molecule has 0 radical (unpaired) electrons. The molecular weight excluding hydrogens is 248 g/mol. The van der Waals surface area contributed by atoms with Crippen molar-refractivity contribution < 1.29 is 24.4 Å². The van der Waals surface area contributed by atoms with Gasteiger partial charge in [-0.05, 0) is 24.7 Å². The highest BCUT2D eigenvalue weighted by Crippen LogP contribution is 2.43. The van der Waals surface area contributed by atoms with E-state index < -0.39 is 18.2 Å². The number of fused-ring (bicyclic) bond motifs is 1. The first kappa shape index (κ1) is 15.2. The highest BCUT2D eigenvalue weighted by atomic mass is 16.8. The van der Waals surface area contributed by atoms with Gasteiger partial charge in [0.1, 0.15) is 6.10 Å². The average molecular weight is 274 g/mol. The summed E-state index contributed by atoms with van der Waals surface area (Å²) in [6.07, 6.45) is -0.605. The van der Waals surface area contributed by atoms with Crippen LogP contribution >= 0.6 is 0 Å². The molecule has 0 aromatic carbocycles. The second-order valence-corrected chi connectivity index (χ2v) is 5.75. The Hall–Kier alpha value is -0.200. The molecule has 5 heteroatoms. The van der Waals surface area contributed by atoms with Crippen LogP contribution in [0.3, 0.4) is 0 Å². The Morgan fingerprint density at radius 3 is 2.11 bits per heavy atom. The van der Waals surface area contributed by atoms with Crippen molar-refractivity contribution >= 4 is 0 Å². The molecule has 0 aliphatic carbocycles. The van der Waals surface area contributed by atoms with Crippen LogP contribution < -0.4 is 0 Å². The molecule has 6 atom stereocenters. The smallest absolute Gasteiger partial charge is 0.184 e. The lowest BCUT2D eigenvalue weighted by molar-refractivity contribution is -0.237. The molecule has 0 saturated carbocycles. The van der Waals surface area contributed by atoms with Crippen molar-refractivity contribution in [3.05, 3.63) is 0 Å². The largest absolute Gasteiger partial charge is 0.394 e. The van der Waals surface area contributed by atoms with Crippen molar-refractivity contribution in [1.82, 2.24) is 0 Å². The van der Waals surface area contributed by atoms with Crippen molar-refractivity contribution in [2.24, 2.45) is 11.8 Å². The lowest BCUT2D eigenvalue weighted by atomic mass is 9.85. The Balaban J connectivity index is 2.23. The maximum absolute atomic E-state index is 10.2. The molecule has 0 spiro atoms. The molecule has 112 valence electrons. The summed E-state index contributed by atoms with van der Waals surface area (Å²) in [5, 5.41) is 19.5. The van der Waals surface area contributed by atoms with Crippen LogP contribution in [0.1, 0.15) is 40.5 Å². The van der Waals surface area contributed by atoms with E-state index in [2.05, 4.69) is 6.92 Å². The van der Waals surface area contributed by atoms with Gasteiger partial charge < -0.3 is 24.4 Å². The molecule has 0 aromatic rings. The summed E-state index contributed by atoms with van der Waals surface area (Å²) in [7, 11) is 0. The SMILES string of the molecule is CCC1(CC)O[C@@H]2[C@@H](C)[C@H](C)[C@@H](CO)OC(O)[C@@H]2O1. The summed E-state index contributed by atoms with van der Waals surface area (Å²) in [5.41, 5.74) is 0. The fraction of sp³-hybridized carbons (Fsp3) is 1.00. The van der Waals surface area contributed by atoms with E-state index >= 15 is 0 Å². The molecule has 0 amide bonds. The fourth-order valence-corrected chi connectivity index (χ4v) is 3.10. The molecule has 2 saturated heterocycles. The van der Waals surface area contributed by atoms with Crippen LogP contribution in [0.2, 0.25) is 0 Å². The minimum Gasteiger partial charge on any atom is -0.394 e. The molecule has 5 nitrogen and oxygen atoms in total. The third-order valence-electron chi connectivity index (χ3n) is 4.81. The predicted octanol–water partition coefficient (Wildman–Crippen LogP) is 1.27.